The molecule has 0 aromatic carbocycles. The molecule has 80 valence electrons. The molecular formula is C11H12BrFN2. The highest BCUT2D eigenvalue weighted by Gasteiger charge is 2.40. The maximum absolute atomic E-state index is 13.7. The van der Waals surface area contributed by atoms with Gasteiger partial charge in [0.1, 0.15) is 0 Å². The summed E-state index contributed by atoms with van der Waals surface area (Å²) in [5, 5.41) is 0. The summed E-state index contributed by atoms with van der Waals surface area (Å²) in [4.78, 5) is 6.39. The average Bonchev–Trinajstić information content (AvgIpc) is 2.78. The number of hydrogen-bond acceptors (Lipinski definition) is 2. The number of nitrogens with zero attached hydrogens (tertiary/aromatic N) is 2. The Bertz CT molecular complexity index is 376. The number of hydrogen-bond donors (Lipinski definition) is 0. The van der Waals surface area contributed by atoms with Crippen LogP contribution in [-0.2, 0) is 0 Å². The largest absolute Gasteiger partial charge is 0.348 e. The number of halogens is 2. The Morgan fingerprint density at radius 2 is 1.87 bits per heavy atom. The number of aromatic nitrogens is 1. The number of anilines is 1. The minimum absolute atomic E-state index is 0.205. The lowest BCUT2D eigenvalue weighted by molar-refractivity contribution is 0.576. The van der Waals surface area contributed by atoms with Gasteiger partial charge in [-0.25, -0.2) is 9.37 Å². The van der Waals surface area contributed by atoms with E-state index in [0.717, 1.165) is 0 Å². The fourth-order valence-corrected chi connectivity index (χ4v) is 3.16. The van der Waals surface area contributed by atoms with Gasteiger partial charge < -0.3 is 4.90 Å². The van der Waals surface area contributed by atoms with Crippen molar-refractivity contribution in [1.82, 2.24) is 4.98 Å². The minimum atomic E-state index is -0.205. The highest BCUT2D eigenvalue weighted by atomic mass is 79.9. The van der Waals surface area contributed by atoms with Gasteiger partial charge in [-0.2, -0.15) is 0 Å². The van der Waals surface area contributed by atoms with Gasteiger partial charge in [0.2, 0.25) is 0 Å². The molecule has 0 radical (unpaired) electrons. The van der Waals surface area contributed by atoms with Crippen molar-refractivity contribution >= 4 is 21.7 Å². The Labute approximate surface area is 96.6 Å². The van der Waals surface area contributed by atoms with E-state index in [4.69, 9.17) is 0 Å². The summed E-state index contributed by atoms with van der Waals surface area (Å²) in [5.41, 5.74) is 0. The van der Waals surface area contributed by atoms with E-state index in [1.807, 2.05) is 0 Å². The third kappa shape index (κ3) is 1.46. The Kier molecular flexibility index (Phi) is 2.20. The predicted octanol–water partition coefficient (Wildman–Crippen LogP) is 3.11. The van der Waals surface area contributed by atoms with Gasteiger partial charge in [0.25, 0.3) is 0 Å². The fourth-order valence-electron chi connectivity index (χ4n) is 2.86. The number of rotatable bonds is 1. The van der Waals surface area contributed by atoms with E-state index in [1.165, 1.54) is 31.7 Å². The summed E-state index contributed by atoms with van der Waals surface area (Å²) in [6, 6.07) is 2.55. The SMILES string of the molecule is Fc1cc(Br)cnc1N1C2CCC1CC2. The van der Waals surface area contributed by atoms with E-state index in [2.05, 4.69) is 25.8 Å². The van der Waals surface area contributed by atoms with Crippen LogP contribution in [0.1, 0.15) is 25.7 Å². The molecular weight excluding hydrogens is 259 g/mol. The highest BCUT2D eigenvalue weighted by Crippen LogP contribution is 2.41. The van der Waals surface area contributed by atoms with Crippen molar-refractivity contribution in [3.05, 3.63) is 22.6 Å². The van der Waals surface area contributed by atoms with E-state index in [0.29, 0.717) is 22.4 Å². The van der Waals surface area contributed by atoms with Crippen LogP contribution in [-0.4, -0.2) is 17.1 Å². The van der Waals surface area contributed by atoms with Crippen LogP contribution in [0.4, 0.5) is 10.2 Å². The van der Waals surface area contributed by atoms with Crippen LogP contribution in [0.2, 0.25) is 0 Å². The van der Waals surface area contributed by atoms with Gasteiger partial charge in [-0.1, -0.05) is 0 Å². The Balaban J connectivity index is 1.99. The predicted molar refractivity (Wildman–Crippen MR) is 60.4 cm³/mol. The van der Waals surface area contributed by atoms with Gasteiger partial charge in [-0.3, -0.25) is 0 Å². The highest BCUT2D eigenvalue weighted by molar-refractivity contribution is 9.10. The van der Waals surface area contributed by atoms with Gasteiger partial charge in [0.15, 0.2) is 11.6 Å². The molecule has 1 aromatic rings. The molecule has 2 aliphatic heterocycles. The zero-order valence-corrected chi connectivity index (χ0v) is 9.87. The monoisotopic (exact) mass is 270 g/mol. The summed E-state index contributed by atoms with van der Waals surface area (Å²) >= 11 is 3.23. The number of fused-ring (bicyclic) bond motifs is 2. The molecule has 2 nitrogen and oxygen atoms in total. The van der Waals surface area contributed by atoms with Crippen LogP contribution in [0, 0.1) is 5.82 Å². The summed E-state index contributed by atoms with van der Waals surface area (Å²) in [5.74, 6) is 0.339. The van der Waals surface area contributed by atoms with E-state index in [-0.39, 0.29) is 5.82 Å². The molecule has 0 unspecified atom stereocenters. The first-order valence-corrected chi connectivity index (χ1v) is 6.14. The lowest BCUT2D eigenvalue weighted by Crippen LogP contribution is -2.29. The molecule has 2 bridgehead atoms. The normalized spacial score (nSPS) is 28.8. The van der Waals surface area contributed by atoms with E-state index < -0.39 is 0 Å². The topological polar surface area (TPSA) is 16.1 Å². The van der Waals surface area contributed by atoms with E-state index in [9.17, 15) is 4.39 Å². The molecule has 0 atom stereocenters. The maximum Gasteiger partial charge on any atom is 0.166 e. The Morgan fingerprint density at radius 3 is 2.40 bits per heavy atom. The Morgan fingerprint density at radius 1 is 1.27 bits per heavy atom. The molecule has 3 heterocycles. The van der Waals surface area contributed by atoms with E-state index >= 15 is 0 Å². The second-order valence-electron chi connectivity index (χ2n) is 4.33. The molecule has 0 saturated carbocycles. The first-order valence-electron chi connectivity index (χ1n) is 5.35. The summed E-state index contributed by atoms with van der Waals surface area (Å²) < 4.78 is 14.4. The van der Waals surface area contributed by atoms with E-state index in [1.54, 1.807) is 6.20 Å². The third-order valence-electron chi connectivity index (χ3n) is 3.49. The van der Waals surface area contributed by atoms with Crippen molar-refractivity contribution in [2.45, 2.75) is 37.8 Å². The summed E-state index contributed by atoms with van der Waals surface area (Å²) in [7, 11) is 0. The van der Waals surface area contributed by atoms with Crippen molar-refractivity contribution < 1.29 is 4.39 Å². The minimum Gasteiger partial charge on any atom is -0.348 e. The van der Waals surface area contributed by atoms with Gasteiger partial charge in [0, 0.05) is 22.8 Å². The lowest BCUT2D eigenvalue weighted by atomic mass is 10.0. The maximum atomic E-state index is 13.7. The molecule has 3 rings (SSSR count). The second kappa shape index (κ2) is 3.44. The molecule has 1 aromatic heterocycles. The lowest BCUT2D eigenvalue weighted by Gasteiger charge is -2.23. The van der Waals surface area contributed by atoms with Crippen LogP contribution in [0.15, 0.2) is 16.7 Å². The first-order chi connectivity index (χ1) is 7.25. The molecule has 15 heavy (non-hydrogen) atoms. The zero-order valence-electron chi connectivity index (χ0n) is 8.29. The summed E-state index contributed by atoms with van der Waals surface area (Å²) in [6.07, 6.45) is 6.46. The van der Waals surface area contributed by atoms with Crippen LogP contribution >= 0.6 is 15.9 Å². The summed E-state index contributed by atoms with van der Waals surface area (Å²) in [6.45, 7) is 0. The van der Waals surface area contributed by atoms with Crippen molar-refractivity contribution in [1.29, 1.82) is 0 Å². The van der Waals surface area contributed by atoms with Gasteiger partial charge in [-0.05, 0) is 47.7 Å². The van der Waals surface area contributed by atoms with Crippen molar-refractivity contribution in [3.8, 4) is 0 Å². The van der Waals surface area contributed by atoms with Crippen molar-refractivity contribution in [2.24, 2.45) is 0 Å². The quantitative estimate of drug-likeness (QED) is 0.780. The zero-order chi connectivity index (χ0) is 10.4. The molecule has 2 saturated heterocycles. The third-order valence-corrected chi connectivity index (χ3v) is 3.92. The standard InChI is InChI=1S/C11H12BrFN2/c12-7-5-10(13)11(14-6-7)15-8-1-2-9(15)4-3-8/h5-6,8-9H,1-4H2. The molecule has 0 N–H and O–H groups in total. The molecule has 0 aliphatic carbocycles. The molecule has 2 aliphatic rings. The van der Waals surface area contributed by atoms with Gasteiger partial charge >= 0.3 is 0 Å². The molecule has 4 heteroatoms. The van der Waals surface area contributed by atoms with Gasteiger partial charge in [-0.15, -0.1) is 0 Å². The van der Waals surface area contributed by atoms with Crippen LogP contribution in [0.25, 0.3) is 0 Å². The first kappa shape index (κ1) is 9.58. The van der Waals surface area contributed by atoms with Crippen molar-refractivity contribution in [2.75, 3.05) is 4.90 Å². The molecule has 0 amide bonds. The molecule has 0 spiro atoms. The van der Waals surface area contributed by atoms with Crippen molar-refractivity contribution in [3.63, 3.8) is 0 Å². The molecule has 2 fully saturated rings. The Hall–Kier alpha value is -0.640. The van der Waals surface area contributed by atoms with Crippen LogP contribution < -0.4 is 4.90 Å². The average molecular weight is 271 g/mol. The fraction of sp³-hybridized carbons (Fsp3) is 0.545. The van der Waals surface area contributed by atoms with Gasteiger partial charge in [0.05, 0.1) is 0 Å². The van der Waals surface area contributed by atoms with Crippen LogP contribution in [0.5, 0.6) is 0 Å². The smallest absolute Gasteiger partial charge is 0.166 e. The number of pyridine rings is 1. The van der Waals surface area contributed by atoms with Crippen LogP contribution in [0.3, 0.4) is 0 Å². The second-order valence-corrected chi connectivity index (χ2v) is 5.24.